The van der Waals surface area contributed by atoms with Crippen LogP contribution < -0.4 is 20.1 Å². The minimum Gasteiger partial charge on any atom is -0.497 e. The van der Waals surface area contributed by atoms with Crippen molar-refractivity contribution in [2.24, 2.45) is 5.41 Å². The smallest absolute Gasteiger partial charge is 0.239 e. The summed E-state index contributed by atoms with van der Waals surface area (Å²) in [5, 5.41) is 5.70. The molecule has 156 valence electrons. The summed E-state index contributed by atoms with van der Waals surface area (Å²) in [6.45, 7) is 9.40. The lowest BCUT2D eigenvalue weighted by Gasteiger charge is -2.27. The first kappa shape index (κ1) is 22.3. The summed E-state index contributed by atoms with van der Waals surface area (Å²) < 4.78 is 10.5. The third-order valence-corrected chi connectivity index (χ3v) is 4.77. The Balaban J connectivity index is 2.25. The summed E-state index contributed by atoms with van der Waals surface area (Å²) in [5.41, 5.74) is 0.667. The fraction of sp³-hybridized carbons (Fsp3) is 0.391. The molecule has 2 amide bonds. The number of methoxy groups -OCH3 is 2. The Bertz CT molecular complexity index is 898. The Morgan fingerprint density at radius 3 is 1.93 bits per heavy atom. The standard InChI is InChI=1S/C23H30N2O4/c1-22(2,3)16-10-8-9-11-17(16)24-20(26)23(4,5)21(27)25-18-14-15(28-6)12-13-19(18)29-7/h8-14H,1-7H3,(H,24,26)(H,25,27). The molecule has 0 aliphatic heterocycles. The Morgan fingerprint density at radius 1 is 0.793 bits per heavy atom. The number of amides is 2. The number of hydrogen-bond acceptors (Lipinski definition) is 4. The van der Waals surface area contributed by atoms with Crippen molar-refractivity contribution >= 4 is 23.2 Å². The summed E-state index contributed by atoms with van der Waals surface area (Å²) in [4.78, 5) is 25.9. The van der Waals surface area contributed by atoms with Crippen molar-refractivity contribution in [2.45, 2.75) is 40.0 Å². The third-order valence-electron chi connectivity index (χ3n) is 4.77. The number of nitrogens with one attached hydrogen (secondary N) is 2. The molecule has 0 atom stereocenters. The van der Waals surface area contributed by atoms with Gasteiger partial charge in [0.15, 0.2) is 0 Å². The SMILES string of the molecule is COc1ccc(OC)c(NC(=O)C(C)(C)C(=O)Nc2ccccc2C(C)(C)C)c1. The maximum Gasteiger partial charge on any atom is 0.239 e. The van der Waals surface area contributed by atoms with Gasteiger partial charge in [-0.25, -0.2) is 0 Å². The van der Waals surface area contributed by atoms with Crippen LogP contribution in [0.2, 0.25) is 0 Å². The maximum atomic E-state index is 13.0. The van der Waals surface area contributed by atoms with E-state index in [1.165, 1.54) is 14.2 Å². The summed E-state index contributed by atoms with van der Waals surface area (Å²) in [6.07, 6.45) is 0. The normalized spacial score (nSPS) is 11.6. The molecule has 0 aromatic heterocycles. The van der Waals surface area contributed by atoms with E-state index >= 15 is 0 Å². The number of ether oxygens (including phenoxy) is 2. The molecule has 0 saturated heterocycles. The van der Waals surface area contributed by atoms with Gasteiger partial charge in [-0.3, -0.25) is 9.59 Å². The number of carbonyl (C=O) groups is 2. The molecule has 0 unspecified atom stereocenters. The van der Waals surface area contributed by atoms with Gasteiger partial charge in [-0.2, -0.15) is 0 Å². The number of benzene rings is 2. The summed E-state index contributed by atoms with van der Waals surface area (Å²) in [6, 6.07) is 12.7. The minimum atomic E-state index is -1.32. The van der Waals surface area contributed by atoms with Gasteiger partial charge in [-0.1, -0.05) is 39.0 Å². The average molecular weight is 399 g/mol. The van der Waals surface area contributed by atoms with E-state index < -0.39 is 17.2 Å². The van der Waals surface area contributed by atoms with E-state index in [0.29, 0.717) is 22.9 Å². The Hall–Kier alpha value is -3.02. The highest BCUT2D eigenvalue weighted by Gasteiger charge is 2.37. The molecule has 0 saturated carbocycles. The van der Waals surface area contributed by atoms with E-state index in [-0.39, 0.29) is 5.41 Å². The first-order valence-corrected chi connectivity index (χ1v) is 9.45. The number of anilines is 2. The van der Waals surface area contributed by atoms with Crippen LogP contribution in [0.15, 0.2) is 42.5 Å². The highest BCUT2D eigenvalue weighted by Crippen LogP contribution is 2.33. The first-order chi connectivity index (χ1) is 13.5. The zero-order chi connectivity index (χ0) is 21.8. The van der Waals surface area contributed by atoms with Crippen LogP contribution in [0.5, 0.6) is 11.5 Å². The molecule has 2 rings (SSSR count). The molecule has 0 radical (unpaired) electrons. The van der Waals surface area contributed by atoms with Gasteiger partial charge in [0.1, 0.15) is 16.9 Å². The predicted molar refractivity (Wildman–Crippen MR) is 116 cm³/mol. The minimum absolute atomic E-state index is 0.149. The Kier molecular flexibility index (Phi) is 6.57. The van der Waals surface area contributed by atoms with Crippen molar-refractivity contribution in [3.63, 3.8) is 0 Å². The lowest BCUT2D eigenvalue weighted by molar-refractivity contribution is -0.135. The largest absolute Gasteiger partial charge is 0.497 e. The van der Waals surface area contributed by atoms with Gasteiger partial charge in [-0.05, 0) is 43.0 Å². The second kappa shape index (κ2) is 8.55. The van der Waals surface area contributed by atoms with Crippen LogP contribution >= 0.6 is 0 Å². The number of rotatable bonds is 6. The van der Waals surface area contributed by atoms with E-state index in [4.69, 9.17) is 9.47 Å². The van der Waals surface area contributed by atoms with Crippen molar-refractivity contribution in [3.8, 4) is 11.5 Å². The topological polar surface area (TPSA) is 76.7 Å². The third kappa shape index (κ3) is 5.08. The molecule has 2 aromatic carbocycles. The summed E-state index contributed by atoms with van der Waals surface area (Å²) in [5.74, 6) is 0.208. The summed E-state index contributed by atoms with van der Waals surface area (Å²) >= 11 is 0. The van der Waals surface area contributed by atoms with Crippen LogP contribution in [0.3, 0.4) is 0 Å². The van der Waals surface area contributed by atoms with E-state index in [1.54, 1.807) is 32.0 Å². The highest BCUT2D eigenvalue weighted by molar-refractivity contribution is 6.14. The van der Waals surface area contributed by atoms with Gasteiger partial charge >= 0.3 is 0 Å². The van der Waals surface area contributed by atoms with Crippen LogP contribution in [0, 0.1) is 5.41 Å². The second-order valence-corrected chi connectivity index (χ2v) is 8.40. The fourth-order valence-electron chi connectivity index (χ4n) is 2.82. The predicted octanol–water partition coefficient (Wildman–Crippen LogP) is 4.60. The molecule has 0 fully saturated rings. The van der Waals surface area contributed by atoms with Crippen LogP contribution in [0.1, 0.15) is 40.2 Å². The lowest BCUT2D eigenvalue weighted by atomic mass is 9.85. The van der Waals surface area contributed by atoms with Gasteiger partial charge in [0.05, 0.1) is 19.9 Å². The van der Waals surface area contributed by atoms with Gasteiger partial charge in [-0.15, -0.1) is 0 Å². The lowest BCUT2D eigenvalue weighted by Crippen LogP contribution is -2.42. The molecule has 29 heavy (non-hydrogen) atoms. The zero-order valence-corrected chi connectivity index (χ0v) is 18.2. The van der Waals surface area contributed by atoms with E-state index in [2.05, 4.69) is 31.4 Å². The zero-order valence-electron chi connectivity index (χ0n) is 18.2. The molecular formula is C23H30N2O4. The molecule has 0 aliphatic rings. The van der Waals surface area contributed by atoms with Crippen LogP contribution in [-0.4, -0.2) is 26.0 Å². The second-order valence-electron chi connectivity index (χ2n) is 8.40. The maximum absolute atomic E-state index is 13.0. The van der Waals surface area contributed by atoms with Crippen LogP contribution in [-0.2, 0) is 15.0 Å². The number of carbonyl (C=O) groups excluding carboxylic acids is 2. The van der Waals surface area contributed by atoms with Gasteiger partial charge < -0.3 is 20.1 Å². The molecule has 0 spiro atoms. The van der Waals surface area contributed by atoms with E-state index in [9.17, 15) is 9.59 Å². The molecule has 2 N–H and O–H groups in total. The molecule has 2 aromatic rings. The van der Waals surface area contributed by atoms with Crippen molar-refractivity contribution in [1.82, 2.24) is 0 Å². The molecule has 0 aliphatic carbocycles. The molecule has 6 heteroatoms. The fourth-order valence-corrected chi connectivity index (χ4v) is 2.82. The van der Waals surface area contributed by atoms with Crippen LogP contribution in [0.4, 0.5) is 11.4 Å². The number of hydrogen-bond donors (Lipinski definition) is 2. The molecular weight excluding hydrogens is 368 g/mol. The Labute approximate surface area is 172 Å². The average Bonchev–Trinajstić information content (AvgIpc) is 2.67. The highest BCUT2D eigenvalue weighted by atomic mass is 16.5. The van der Waals surface area contributed by atoms with Gasteiger partial charge in [0, 0.05) is 11.8 Å². The monoisotopic (exact) mass is 398 g/mol. The quantitative estimate of drug-likeness (QED) is 0.697. The van der Waals surface area contributed by atoms with Crippen molar-refractivity contribution in [2.75, 3.05) is 24.9 Å². The molecule has 0 bridgehead atoms. The number of para-hydroxylation sites is 1. The van der Waals surface area contributed by atoms with Gasteiger partial charge in [0.25, 0.3) is 0 Å². The van der Waals surface area contributed by atoms with Crippen molar-refractivity contribution < 1.29 is 19.1 Å². The van der Waals surface area contributed by atoms with Crippen molar-refractivity contribution in [3.05, 3.63) is 48.0 Å². The Morgan fingerprint density at radius 2 is 1.38 bits per heavy atom. The van der Waals surface area contributed by atoms with Gasteiger partial charge in [0.2, 0.25) is 11.8 Å². The molecule has 6 nitrogen and oxygen atoms in total. The van der Waals surface area contributed by atoms with Crippen LogP contribution in [0.25, 0.3) is 0 Å². The summed E-state index contributed by atoms with van der Waals surface area (Å²) in [7, 11) is 3.05. The van der Waals surface area contributed by atoms with E-state index in [0.717, 1.165) is 5.56 Å². The van der Waals surface area contributed by atoms with Crippen molar-refractivity contribution in [1.29, 1.82) is 0 Å². The first-order valence-electron chi connectivity index (χ1n) is 9.45. The molecule has 0 heterocycles. The van der Waals surface area contributed by atoms with E-state index in [1.807, 2.05) is 24.3 Å².